The lowest BCUT2D eigenvalue weighted by molar-refractivity contribution is 0.480. The molecular formula is C14H15OP. The third-order valence-corrected chi connectivity index (χ3v) is 5.07. The van der Waals surface area contributed by atoms with Crippen molar-refractivity contribution in [2.24, 2.45) is 0 Å². The van der Waals surface area contributed by atoms with Crippen LogP contribution in [0, 0.1) is 0 Å². The number of rotatable bonds is 3. The van der Waals surface area contributed by atoms with Gasteiger partial charge >= 0.3 is 0 Å². The summed E-state index contributed by atoms with van der Waals surface area (Å²) in [5, 5.41) is 12.3. The quantitative estimate of drug-likeness (QED) is 0.804. The van der Waals surface area contributed by atoms with Crippen LogP contribution in [0.15, 0.2) is 54.6 Å². The topological polar surface area (TPSA) is 20.2 Å². The molecule has 0 fully saturated rings. The second-order valence-corrected chi connectivity index (χ2v) is 6.06. The fourth-order valence-corrected chi connectivity index (χ4v) is 3.93. The Morgan fingerprint density at radius 1 is 0.938 bits per heavy atom. The highest BCUT2D eigenvalue weighted by molar-refractivity contribution is 7.73. The van der Waals surface area contributed by atoms with E-state index in [1.54, 1.807) is 6.07 Å². The fraction of sp³-hybridized carbons (Fsp3) is 0.143. The number of hydrogen-bond donors (Lipinski definition) is 1. The van der Waals surface area contributed by atoms with E-state index in [0.29, 0.717) is 5.75 Å². The van der Waals surface area contributed by atoms with Crippen LogP contribution in [0.2, 0.25) is 0 Å². The summed E-state index contributed by atoms with van der Waals surface area (Å²) < 4.78 is 0. The molecule has 0 radical (unpaired) electrons. The molecule has 2 aromatic carbocycles. The average molecular weight is 230 g/mol. The van der Waals surface area contributed by atoms with E-state index < -0.39 is 7.92 Å². The SMILES string of the molecule is CCP(c1ccccc1)c1ccccc1O. The first-order valence-electron chi connectivity index (χ1n) is 5.43. The molecule has 0 bridgehead atoms. The maximum Gasteiger partial charge on any atom is 0.123 e. The van der Waals surface area contributed by atoms with E-state index in [4.69, 9.17) is 0 Å². The van der Waals surface area contributed by atoms with Crippen molar-refractivity contribution in [2.75, 3.05) is 6.16 Å². The van der Waals surface area contributed by atoms with Gasteiger partial charge in [-0.15, -0.1) is 0 Å². The van der Waals surface area contributed by atoms with Gasteiger partial charge in [-0.25, -0.2) is 0 Å². The van der Waals surface area contributed by atoms with Gasteiger partial charge in [0, 0.05) is 5.30 Å². The van der Waals surface area contributed by atoms with Crippen LogP contribution in [-0.4, -0.2) is 11.3 Å². The average Bonchev–Trinajstić information content (AvgIpc) is 2.34. The van der Waals surface area contributed by atoms with Crippen LogP contribution in [0.4, 0.5) is 0 Å². The van der Waals surface area contributed by atoms with Gasteiger partial charge in [0.1, 0.15) is 5.75 Å². The molecular weight excluding hydrogens is 215 g/mol. The van der Waals surface area contributed by atoms with Gasteiger partial charge in [0.05, 0.1) is 0 Å². The molecule has 0 aliphatic carbocycles. The van der Waals surface area contributed by atoms with Crippen LogP contribution >= 0.6 is 7.92 Å². The Labute approximate surface area is 97.5 Å². The molecule has 0 aliphatic heterocycles. The molecule has 2 heteroatoms. The summed E-state index contributed by atoms with van der Waals surface area (Å²) >= 11 is 0. The minimum atomic E-state index is -0.419. The van der Waals surface area contributed by atoms with Crippen LogP contribution in [0.3, 0.4) is 0 Å². The van der Waals surface area contributed by atoms with E-state index in [2.05, 4.69) is 31.2 Å². The van der Waals surface area contributed by atoms with Crippen molar-refractivity contribution >= 4 is 18.5 Å². The van der Waals surface area contributed by atoms with Crippen molar-refractivity contribution in [3.63, 3.8) is 0 Å². The predicted molar refractivity (Wildman–Crippen MR) is 71.3 cm³/mol. The Balaban J connectivity index is 2.41. The Hall–Kier alpha value is -1.33. The van der Waals surface area contributed by atoms with Crippen LogP contribution in [-0.2, 0) is 0 Å². The lowest BCUT2D eigenvalue weighted by Gasteiger charge is -2.17. The van der Waals surface area contributed by atoms with E-state index in [0.717, 1.165) is 11.5 Å². The van der Waals surface area contributed by atoms with Crippen LogP contribution in [0.5, 0.6) is 5.75 Å². The van der Waals surface area contributed by atoms with E-state index in [9.17, 15) is 5.11 Å². The van der Waals surface area contributed by atoms with Crippen molar-refractivity contribution < 1.29 is 5.11 Å². The third kappa shape index (κ3) is 2.25. The van der Waals surface area contributed by atoms with Gasteiger partial charge in [0.15, 0.2) is 0 Å². The van der Waals surface area contributed by atoms with Crippen molar-refractivity contribution in [2.45, 2.75) is 6.92 Å². The minimum absolute atomic E-state index is 0.416. The largest absolute Gasteiger partial charge is 0.507 e. The van der Waals surface area contributed by atoms with Crippen molar-refractivity contribution in [1.29, 1.82) is 0 Å². The smallest absolute Gasteiger partial charge is 0.123 e. The highest BCUT2D eigenvalue weighted by atomic mass is 31.1. The molecule has 0 aliphatic rings. The van der Waals surface area contributed by atoms with Gasteiger partial charge in [-0.3, -0.25) is 0 Å². The number of hydrogen-bond acceptors (Lipinski definition) is 1. The molecule has 0 aromatic heterocycles. The zero-order chi connectivity index (χ0) is 11.4. The van der Waals surface area contributed by atoms with Crippen LogP contribution < -0.4 is 10.6 Å². The molecule has 1 nitrogen and oxygen atoms in total. The van der Waals surface area contributed by atoms with E-state index in [-0.39, 0.29) is 0 Å². The highest BCUT2D eigenvalue weighted by Gasteiger charge is 2.13. The summed E-state index contributed by atoms with van der Waals surface area (Å²) in [7, 11) is -0.419. The summed E-state index contributed by atoms with van der Waals surface area (Å²) in [4.78, 5) is 0. The molecule has 1 unspecified atom stereocenters. The first-order valence-corrected chi connectivity index (χ1v) is 6.96. The van der Waals surface area contributed by atoms with Crippen molar-refractivity contribution in [3.05, 3.63) is 54.6 Å². The van der Waals surface area contributed by atoms with Gasteiger partial charge < -0.3 is 5.11 Å². The standard InChI is InChI=1S/C14H15OP/c1-2-16(12-8-4-3-5-9-12)14-11-7-6-10-13(14)15/h3-11,15H,2H2,1H3. The van der Waals surface area contributed by atoms with E-state index in [1.165, 1.54) is 5.30 Å². The molecule has 0 amide bonds. The summed E-state index contributed by atoms with van der Waals surface area (Å²) in [6.45, 7) is 2.17. The number of para-hydroxylation sites is 1. The molecule has 0 heterocycles. The summed E-state index contributed by atoms with van der Waals surface area (Å²) in [6.07, 6.45) is 1.05. The van der Waals surface area contributed by atoms with Gasteiger partial charge in [0.2, 0.25) is 0 Å². The Kier molecular flexibility index (Phi) is 3.58. The molecule has 0 spiro atoms. The molecule has 2 aromatic rings. The first kappa shape index (κ1) is 11.2. The highest BCUT2D eigenvalue weighted by Crippen LogP contribution is 2.35. The Bertz CT molecular complexity index is 453. The zero-order valence-electron chi connectivity index (χ0n) is 9.30. The molecule has 0 saturated carbocycles. The molecule has 1 atom stereocenters. The number of aromatic hydroxyl groups is 1. The van der Waals surface area contributed by atoms with Crippen LogP contribution in [0.25, 0.3) is 0 Å². The molecule has 1 N–H and O–H groups in total. The van der Waals surface area contributed by atoms with Gasteiger partial charge in [0.25, 0.3) is 0 Å². The monoisotopic (exact) mass is 230 g/mol. The minimum Gasteiger partial charge on any atom is -0.507 e. The number of phenolic OH excluding ortho intramolecular Hbond substituents is 1. The zero-order valence-corrected chi connectivity index (χ0v) is 10.2. The number of benzene rings is 2. The normalized spacial score (nSPS) is 12.3. The molecule has 82 valence electrons. The fourth-order valence-electron chi connectivity index (χ4n) is 1.79. The summed E-state index contributed by atoms with van der Waals surface area (Å²) in [5.74, 6) is 0.416. The Morgan fingerprint density at radius 2 is 1.56 bits per heavy atom. The predicted octanol–water partition coefficient (Wildman–Crippen LogP) is 2.84. The second kappa shape index (κ2) is 5.14. The van der Waals surface area contributed by atoms with Gasteiger partial charge in [-0.1, -0.05) is 55.5 Å². The summed E-state index contributed by atoms with van der Waals surface area (Å²) in [5.41, 5.74) is 0. The van der Waals surface area contributed by atoms with Gasteiger partial charge in [-0.2, -0.15) is 0 Å². The molecule has 16 heavy (non-hydrogen) atoms. The van der Waals surface area contributed by atoms with Gasteiger partial charge in [-0.05, 0) is 25.5 Å². The molecule has 0 saturated heterocycles. The third-order valence-electron chi connectivity index (χ3n) is 2.56. The Morgan fingerprint density at radius 3 is 2.19 bits per heavy atom. The lowest BCUT2D eigenvalue weighted by atomic mass is 10.3. The second-order valence-electron chi connectivity index (χ2n) is 3.57. The first-order chi connectivity index (χ1) is 7.83. The maximum atomic E-state index is 9.89. The summed E-state index contributed by atoms with van der Waals surface area (Å²) in [6, 6.07) is 18.1. The van der Waals surface area contributed by atoms with Crippen molar-refractivity contribution in [3.8, 4) is 5.75 Å². The molecule has 2 rings (SSSR count). The van der Waals surface area contributed by atoms with E-state index >= 15 is 0 Å². The van der Waals surface area contributed by atoms with Crippen molar-refractivity contribution in [1.82, 2.24) is 0 Å². The lowest BCUT2D eigenvalue weighted by Crippen LogP contribution is -2.13. The number of phenols is 1. The maximum absolute atomic E-state index is 9.89. The van der Waals surface area contributed by atoms with E-state index in [1.807, 2.05) is 24.3 Å². The van der Waals surface area contributed by atoms with Crippen LogP contribution in [0.1, 0.15) is 6.92 Å².